The van der Waals surface area contributed by atoms with Crippen LogP contribution in [0, 0.1) is 5.92 Å². The molecular weight excluding hydrogens is 244 g/mol. The lowest BCUT2D eigenvalue weighted by atomic mass is 9.91. The largest absolute Gasteiger partial charge is 0.331 e. The van der Waals surface area contributed by atoms with E-state index in [9.17, 15) is 14.4 Å². The van der Waals surface area contributed by atoms with Gasteiger partial charge in [-0.2, -0.15) is 0 Å². The van der Waals surface area contributed by atoms with E-state index in [4.69, 9.17) is 0 Å². The molecule has 2 rings (SSSR count). The molecule has 1 unspecified atom stereocenters. The minimum atomic E-state index is -0.667. The van der Waals surface area contributed by atoms with E-state index in [1.165, 1.54) is 11.3 Å². The Labute approximate surface area is 113 Å². The molecule has 1 saturated heterocycles. The fourth-order valence-electron chi connectivity index (χ4n) is 2.98. The molecule has 1 N–H and O–H groups in total. The molecule has 1 saturated carbocycles. The van der Waals surface area contributed by atoms with Crippen LogP contribution >= 0.6 is 0 Å². The van der Waals surface area contributed by atoms with Gasteiger partial charge in [0.05, 0.1) is 0 Å². The Balaban J connectivity index is 2.10. The Bertz CT molecular complexity index is 375. The monoisotopic (exact) mass is 266 g/mol. The van der Waals surface area contributed by atoms with Crippen LogP contribution in [-0.2, 0) is 9.59 Å². The van der Waals surface area contributed by atoms with Gasteiger partial charge in [0.25, 0.3) is 0 Å². The number of urea groups is 1. The average Bonchev–Trinajstić information content (AvgIpc) is 2.39. The van der Waals surface area contributed by atoms with Crippen LogP contribution in [0.25, 0.3) is 0 Å². The standard InChI is InChI=1S/C14H22N2O3/c1-2-3-9-11-12(17)15-14(19)16(13(11)18)10-7-5-4-6-8-10/h10-11H,2-9H2,1H3,(H,15,17,19). The molecule has 2 aliphatic rings. The Morgan fingerprint density at radius 1 is 1.16 bits per heavy atom. The smallest absolute Gasteiger partial charge is 0.277 e. The van der Waals surface area contributed by atoms with E-state index in [1.807, 2.05) is 6.92 Å². The first-order valence-electron chi connectivity index (χ1n) is 7.33. The second-order valence-corrected chi connectivity index (χ2v) is 5.49. The Morgan fingerprint density at radius 3 is 2.47 bits per heavy atom. The third-order valence-corrected chi connectivity index (χ3v) is 4.09. The van der Waals surface area contributed by atoms with Crippen molar-refractivity contribution in [2.45, 2.75) is 64.3 Å². The number of carbonyl (C=O) groups excluding carboxylic acids is 3. The number of carbonyl (C=O) groups is 3. The predicted molar refractivity (Wildman–Crippen MR) is 70.3 cm³/mol. The highest BCUT2D eigenvalue weighted by molar-refractivity contribution is 6.16. The summed E-state index contributed by atoms with van der Waals surface area (Å²) in [6.45, 7) is 2.02. The zero-order chi connectivity index (χ0) is 13.8. The number of rotatable bonds is 4. The molecule has 106 valence electrons. The summed E-state index contributed by atoms with van der Waals surface area (Å²) >= 11 is 0. The molecule has 19 heavy (non-hydrogen) atoms. The maximum atomic E-state index is 12.4. The maximum absolute atomic E-state index is 12.4. The molecule has 0 bridgehead atoms. The lowest BCUT2D eigenvalue weighted by molar-refractivity contribution is -0.144. The number of nitrogens with one attached hydrogen (secondary N) is 1. The van der Waals surface area contributed by atoms with Gasteiger partial charge in [-0.3, -0.25) is 19.8 Å². The minimum Gasteiger partial charge on any atom is -0.277 e. The number of imide groups is 2. The first-order valence-corrected chi connectivity index (χ1v) is 7.33. The molecular formula is C14H22N2O3. The van der Waals surface area contributed by atoms with Crippen molar-refractivity contribution in [2.75, 3.05) is 0 Å². The van der Waals surface area contributed by atoms with E-state index in [1.54, 1.807) is 0 Å². The zero-order valence-corrected chi connectivity index (χ0v) is 11.5. The molecule has 5 nitrogen and oxygen atoms in total. The highest BCUT2D eigenvalue weighted by atomic mass is 16.2. The first-order chi connectivity index (χ1) is 9.15. The molecule has 1 aliphatic carbocycles. The quantitative estimate of drug-likeness (QED) is 0.793. The number of amides is 4. The second kappa shape index (κ2) is 6.17. The third kappa shape index (κ3) is 2.96. The molecule has 1 aliphatic heterocycles. The summed E-state index contributed by atoms with van der Waals surface area (Å²) in [5.74, 6) is -1.37. The summed E-state index contributed by atoms with van der Waals surface area (Å²) in [6.07, 6.45) is 7.31. The number of hydrogen-bond acceptors (Lipinski definition) is 3. The highest BCUT2D eigenvalue weighted by Gasteiger charge is 2.43. The summed E-state index contributed by atoms with van der Waals surface area (Å²) in [5.41, 5.74) is 0. The fourth-order valence-corrected chi connectivity index (χ4v) is 2.98. The lowest BCUT2D eigenvalue weighted by Gasteiger charge is -2.37. The van der Waals surface area contributed by atoms with Gasteiger partial charge < -0.3 is 0 Å². The Hall–Kier alpha value is -1.39. The molecule has 0 radical (unpaired) electrons. The van der Waals surface area contributed by atoms with Gasteiger partial charge in [-0.05, 0) is 19.3 Å². The van der Waals surface area contributed by atoms with Gasteiger partial charge in [0.2, 0.25) is 11.8 Å². The molecule has 0 aromatic carbocycles. The van der Waals surface area contributed by atoms with Crippen molar-refractivity contribution >= 4 is 17.8 Å². The van der Waals surface area contributed by atoms with Crippen LogP contribution in [0.15, 0.2) is 0 Å². The molecule has 0 aromatic heterocycles. The van der Waals surface area contributed by atoms with Crippen molar-refractivity contribution < 1.29 is 14.4 Å². The second-order valence-electron chi connectivity index (χ2n) is 5.49. The molecule has 2 fully saturated rings. The van der Waals surface area contributed by atoms with Gasteiger partial charge in [-0.15, -0.1) is 0 Å². The number of hydrogen-bond donors (Lipinski definition) is 1. The van der Waals surface area contributed by atoms with Gasteiger partial charge in [0.15, 0.2) is 0 Å². The van der Waals surface area contributed by atoms with E-state index in [-0.39, 0.29) is 11.9 Å². The van der Waals surface area contributed by atoms with E-state index in [0.717, 1.165) is 38.5 Å². The van der Waals surface area contributed by atoms with Crippen LogP contribution in [0.3, 0.4) is 0 Å². The number of nitrogens with zero attached hydrogens (tertiary/aromatic N) is 1. The van der Waals surface area contributed by atoms with Gasteiger partial charge >= 0.3 is 6.03 Å². The number of barbiturate groups is 1. The summed E-state index contributed by atoms with van der Waals surface area (Å²) in [5, 5.41) is 2.34. The van der Waals surface area contributed by atoms with Crippen LogP contribution in [0.2, 0.25) is 0 Å². The predicted octanol–water partition coefficient (Wildman–Crippen LogP) is 2.20. The molecule has 1 atom stereocenters. The van der Waals surface area contributed by atoms with Crippen molar-refractivity contribution in [3.05, 3.63) is 0 Å². The number of unbranched alkanes of at least 4 members (excludes halogenated alkanes) is 1. The van der Waals surface area contributed by atoms with Crippen molar-refractivity contribution in [3.8, 4) is 0 Å². The first kappa shape index (κ1) is 14.0. The Kier molecular flexibility index (Phi) is 4.56. The van der Waals surface area contributed by atoms with Crippen molar-refractivity contribution in [1.82, 2.24) is 10.2 Å². The van der Waals surface area contributed by atoms with Crippen molar-refractivity contribution in [1.29, 1.82) is 0 Å². The normalized spacial score (nSPS) is 25.6. The summed E-state index contributed by atoms with van der Waals surface area (Å²) in [4.78, 5) is 37.4. The summed E-state index contributed by atoms with van der Waals surface area (Å²) in [7, 11) is 0. The van der Waals surface area contributed by atoms with Gasteiger partial charge in [0, 0.05) is 6.04 Å². The van der Waals surface area contributed by atoms with E-state index < -0.39 is 17.9 Å². The third-order valence-electron chi connectivity index (χ3n) is 4.09. The lowest BCUT2D eigenvalue weighted by Crippen LogP contribution is -2.61. The topological polar surface area (TPSA) is 66.5 Å². The fraction of sp³-hybridized carbons (Fsp3) is 0.786. The van der Waals surface area contributed by atoms with Gasteiger partial charge in [-0.25, -0.2) is 4.79 Å². The Morgan fingerprint density at radius 2 is 1.84 bits per heavy atom. The zero-order valence-electron chi connectivity index (χ0n) is 11.5. The average molecular weight is 266 g/mol. The van der Waals surface area contributed by atoms with Gasteiger partial charge in [0.1, 0.15) is 5.92 Å². The molecule has 5 heteroatoms. The molecule has 4 amide bonds. The van der Waals surface area contributed by atoms with Crippen LogP contribution in [0.4, 0.5) is 4.79 Å². The van der Waals surface area contributed by atoms with Crippen LogP contribution in [0.1, 0.15) is 58.3 Å². The van der Waals surface area contributed by atoms with Crippen LogP contribution < -0.4 is 5.32 Å². The maximum Gasteiger partial charge on any atom is 0.331 e. The SMILES string of the molecule is CCCCC1C(=O)NC(=O)N(C2CCCCC2)C1=O. The van der Waals surface area contributed by atoms with E-state index >= 15 is 0 Å². The van der Waals surface area contributed by atoms with Crippen molar-refractivity contribution in [2.24, 2.45) is 5.92 Å². The molecule has 1 heterocycles. The minimum absolute atomic E-state index is 0.0153. The van der Waals surface area contributed by atoms with E-state index in [0.29, 0.717) is 6.42 Å². The van der Waals surface area contributed by atoms with Gasteiger partial charge in [-0.1, -0.05) is 39.0 Å². The molecule has 0 spiro atoms. The van der Waals surface area contributed by atoms with Crippen LogP contribution in [0.5, 0.6) is 0 Å². The van der Waals surface area contributed by atoms with Crippen molar-refractivity contribution in [3.63, 3.8) is 0 Å². The summed E-state index contributed by atoms with van der Waals surface area (Å²) < 4.78 is 0. The highest BCUT2D eigenvalue weighted by Crippen LogP contribution is 2.27. The van der Waals surface area contributed by atoms with Crippen LogP contribution in [-0.4, -0.2) is 28.8 Å². The van der Waals surface area contributed by atoms with E-state index in [2.05, 4.69) is 5.32 Å². The summed E-state index contributed by atoms with van der Waals surface area (Å²) in [6, 6.07) is -0.534. The molecule has 0 aromatic rings.